The molecule has 146 valence electrons. The van der Waals surface area contributed by atoms with E-state index < -0.39 is 5.41 Å². The third-order valence-corrected chi connectivity index (χ3v) is 6.26. The minimum absolute atomic E-state index is 0.0745. The highest BCUT2D eigenvalue weighted by Gasteiger charge is 2.19. The number of nitrogens with zero attached hydrogens (tertiary/aromatic N) is 1. The number of Topliss-reactive ketones (excluding diaryl/α,β-unsaturated/α-hetero) is 1. The number of halogens is 1. The van der Waals surface area contributed by atoms with Gasteiger partial charge >= 0.3 is 0 Å². The molecule has 28 heavy (non-hydrogen) atoms. The Morgan fingerprint density at radius 3 is 2.46 bits per heavy atom. The van der Waals surface area contributed by atoms with Crippen molar-refractivity contribution in [1.82, 2.24) is 4.57 Å². The van der Waals surface area contributed by atoms with Gasteiger partial charge in [-0.05, 0) is 31.2 Å². The first-order valence-corrected chi connectivity index (χ1v) is 10.6. The van der Waals surface area contributed by atoms with Gasteiger partial charge in [0.05, 0.1) is 11.1 Å². The largest absolute Gasteiger partial charge is 0.294 e. The first-order chi connectivity index (χ1) is 13.1. The molecule has 0 saturated heterocycles. The lowest BCUT2D eigenvalue weighted by Gasteiger charge is -2.13. The molecule has 0 aliphatic heterocycles. The van der Waals surface area contributed by atoms with Crippen LogP contribution in [0.15, 0.2) is 41.2 Å². The fourth-order valence-corrected chi connectivity index (χ4v) is 4.51. The second-order valence-electron chi connectivity index (χ2n) is 7.64. The van der Waals surface area contributed by atoms with Crippen molar-refractivity contribution in [2.45, 2.75) is 34.2 Å². The molecule has 6 heteroatoms. The van der Waals surface area contributed by atoms with Gasteiger partial charge in [0, 0.05) is 26.8 Å². The Balaban J connectivity index is 2.19. The number of benzene rings is 1. The quantitative estimate of drug-likeness (QED) is 0.652. The fraction of sp³-hybridized carbons (Fsp3) is 0.273. The van der Waals surface area contributed by atoms with Gasteiger partial charge < -0.3 is 0 Å². The van der Waals surface area contributed by atoms with E-state index in [1.165, 1.54) is 28.0 Å². The number of thiophene rings is 1. The van der Waals surface area contributed by atoms with Crippen molar-refractivity contribution in [2.24, 2.45) is 5.41 Å². The second-order valence-corrected chi connectivity index (χ2v) is 10.0. The summed E-state index contributed by atoms with van der Waals surface area (Å²) in [5, 5.41) is 0. The Morgan fingerprint density at radius 1 is 1.14 bits per heavy atom. The van der Waals surface area contributed by atoms with E-state index in [2.05, 4.69) is 0 Å². The van der Waals surface area contributed by atoms with E-state index >= 15 is 0 Å². The Bertz CT molecular complexity index is 1190. The number of rotatable bonds is 4. The van der Waals surface area contributed by atoms with Crippen molar-refractivity contribution in [1.29, 1.82) is 0 Å². The Kier molecular flexibility index (Phi) is 5.82. The Labute approximate surface area is 171 Å². The molecule has 0 bridgehead atoms. The minimum atomic E-state index is -0.558. The highest BCUT2D eigenvalue weighted by atomic mass is 32.1. The van der Waals surface area contributed by atoms with Crippen molar-refractivity contribution in [2.75, 3.05) is 0 Å². The van der Waals surface area contributed by atoms with Gasteiger partial charge in [-0.2, -0.15) is 0 Å². The van der Waals surface area contributed by atoms with Crippen LogP contribution in [0, 0.1) is 18.2 Å². The molecule has 0 amide bonds. The third-order valence-electron chi connectivity index (χ3n) is 4.25. The molecule has 0 saturated carbocycles. The van der Waals surface area contributed by atoms with Crippen molar-refractivity contribution < 1.29 is 9.18 Å². The molecule has 0 fully saturated rings. The van der Waals surface area contributed by atoms with E-state index in [0.29, 0.717) is 14.8 Å². The molecule has 0 spiro atoms. The van der Waals surface area contributed by atoms with Crippen LogP contribution < -0.4 is 14.8 Å². The van der Waals surface area contributed by atoms with Gasteiger partial charge in [-0.25, -0.2) is 4.39 Å². The monoisotopic (exact) mass is 415 g/mol. The van der Waals surface area contributed by atoms with Crippen molar-refractivity contribution in [3.8, 4) is 0 Å². The molecule has 0 radical (unpaired) electrons. The zero-order chi connectivity index (χ0) is 20.5. The summed E-state index contributed by atoms with van der Waals surface area (Å²) in [7, 11) is 0. The summed E-state index contributed by atoms with van der Waals surface area (Å²) in [5.74, 6) is -0.442. The SMILES string of the molecule is Cc1ccc(/C=c2\s/c(=C/C(=O)C(C)(C)C)n(Cc3ccccc3F)c2=O)s1. The molecule has 3 aromatic rings. The first-order valence-electron chi connectivity index (χ1n) is 8.92. The van der Waals surface area contributed by atoms with E-state index in [4.69, 9.17) is 0 Å². The zero-order valence-electron chi connectivity index (χ0n) is 16.3. The summed E-state index contributed by atoms with van der Waals surface area (Å²) in [4.78, 5) is 27.7. The molecule has 0 aliphatic carbocycles. The van der Waals surface area contributed by atoms with Crippen molar-refractivity contribution >= 4 is 40.6 Å². The second kappa shape index (κ2) is 7.97. The highest BCUT2D eigenvalue weighted by Crippen LogP contribution is 2.16. The van der Waals surface area contributed by atoms with Gasteiger partial charge in [0.1, 0.15) is 10.5 Å². The van der Waals surface area contributed by atoms with E-state index in [0.717, 1.165) is 9.75 Å². The van der Waals surface area contributed by atoms with Crippen LogP contribution >= 0.6 is 22.7 Å². The molecule has 1 aromatic carbocycles. The standard InChI is InChI=1S/C22H22FNO2S2/c1-14-9-10-16(27-14)11-18-21(26)24(13-15-7-5-6-8-17(15)23)20(28-18)12-19(25)22(2,3)4/h5-12H,13H2,1-4H3/b18-11-,20-12+. The number of carbonyl (C=O) groups excluding carboxylic acids is 1. The van der Waals surface area contributed by atoms with Crippen LogP contribution in [0.1, 0.15) is 36.1 Å². The average molecular weight is 416 g/mol. The van der Waals surface area contributed by atoms with Gasteiger partial charge in [0.15, 0.2) is 5.78 Å². The average Bonchev–Trinajstić information content (AvgIpc) is 3.14. The number of aromatic nitrogens is 1. The maximum Gasteiger partial charge on any atom is 0.269 e. The lowest BCUT2D eigenvalue weighted by molar-refractivity contribution is -0.120. The maximum absolute atomic E-state index is 14.2. The van der Waals surface area contributed by atoms with Gasteiger partial charge in [-0.3, -0.25) is 14.2 Å². The topological polar surface area (TPSA) is 39.1 Å². The van der Waals surface area contributed by atoms with Gasteiger partial charge in [0.25, 0.3) is 5.56 Å². The minimum Gasteiger partial charge on any atom is -0.294 e. The molecular weight excluding hydrogens is 393 g/mol. The third kappa shape index (κ3) is 4.56. The van der Waals surface area contributed by atoms with Crippen LogP contribution in [0.25, 0.3) is 12.2 Å². The Hall–Kier alpha value is -2.31. The smallest absolute Gasteiger partial charge is 0.269 e. The summed E-state index contributed by atoms with van der Waals surface area (Å²) < 4.78 is 16.7. The van der Waals surface area contributed by atoms with E-state index in [1.807, 2.05) is 45.9 Å². The number of hydrogen-bond acceptors (Lipinski definition) is 4. The highest BCUT2D eigenvalue weighted by molar-refractivity contribution is 7.13. The molecule has 0 aliphatic rings. The summed E-state index contributed by atoms with van der Waals surface area (Å²) in [6, 6.07) is 10.3. The van der Waals surface area contributed by atoms with Gasteiger partial charge in [-0.1, -0.05) is 39.0 Å². The maximum atomic E-state index is 14.2. The molecule has 2 aromatic heterocycles. The Morgan fingerprint density at radius 2 is 1.86 bits per heavy atom. The van der Waals surface area contributed by atoms with E-state index in [1.54, 1.807) is 29.5 Å². The van der Waals surface area contributed by atoms with Crippen LogP contribution in [-0.2, 0) is 11.3 Å². The van der Waals surface area contributed by atoms with Crippen LogP contribution in [0.2, 0.25) is 0 Å². The molecule has 0 atom stereocenters. The lowest BCUT2D eigenvalue weighted by Crippen LogP contribution is -2.33. The predicted octanol–water partition coefficient (Wildman–Crippen LogP) is 3.69. The van der Waals surface area contributed by atoms with Crippen molar-refractivity contribution in [3.05, 3.63) is 77.1 Å². The van der Waals surface area contributed by atoms with E-state index in [-0.39, 0.29) is 23.7 Å². The number of carbonyl (C=O) groups is 1. The van der Waals surface area contributed by atoms with Crippen LogP contribution in [0.4, 0.5) is 4.39 Å². The van der Waals surface area contributed by atoms with Crippen molar-refractivity contribution in [3.63, 3.8) is 0 Å². The summed E-state index contributed by atoms with van der Waals surface area (Å²) >= 11 is 2.86. The van der Waals surface area contributed by atoms with Gasteiger partial charge in [-0.15, -0.1) is 22.7 Å². The number of ketones is 1. The lowest BCUT2D eigenvalue weighted by atomic mass is 9.91. The number of hydrogen-bond donors (Lipinski definition) is 0. The molecular formula is C22H22FNO2S2. The number of thiazole rings is 1. The number of aryl methyl sites for hydroxylation is 1. The fourth-order valence-electron chi connectivity index (χ4n) is 2.58. The first kappa shape index (κ1) is 20.4. The van der Waals surface area contributed by atoms with E-state index in [9.17, 15) is 14.0 Å². The molecule has 3 nitrogen and oxygen atoms in total. The van der Waals surface area contributed by atoms with Crippen LogP contribution in [-0.4, -0.2) is 10.4 Å². The molecule has 0 unspecified atom stereocenters. The zero-order valence-corrected chi connectivity index (χ0v) is 17.9. The normalized spacial score (nSPS) is 13.3. The molecule has 3 rings (SSSR count). The van der Waals surface area contributed by atoms with Crippen LogP contribution in [0.3, 0.4) is 0 Å². The predicted molar refractivity (Wildman–Crippen MR) is 115 cm³/mol. The molecule has 2 heterocycles. The van der Waals surface area contributed by atoms with Gasteiger partial charge in [0.2, 0.25) is 0 Å². The van der Waals surface area contributed by atoms with Crippen LogP contribution in [0.5, 0.6) is 0 Å². The summed E-state index contributed by atoms with van der Waals surface area (Å²) in [6.07, 6.45) is 3.34. The summed E-state index contributed by atoms with van der Waals surface area (Å²) in [6.45, 7) is 7.59. The summed E-state index contributed by atoms with van der Waals surface area (Å²) in [5.41, 5.74) is -0.358. The molecule has 0 N–H and O–H groups in total.